The molecule has 24 heavy (non-hydrogen) atoms. The SMILES string of the molecule is CCc1cnc(CNC(=NC)NCc2cccc(N(C)C)n2)s1.I. The maximum absolute atomic E-state index is 4.58. The van der Waals surface area contributed by atoms with Crippen LogP contribution in [0.1, 0.15) is 22.5 Å². The molecule has 0 amide bonds. The Morgan fingerprint density at radius 3 is 2.62 bits per heavy atom. The van der Waals surface area contributed by atoms with E-state index in [2.05, 4.69) is 32.5 Å². The van der Waals surface area contributed by atoms with E-state index in [1.165, 1.54) is 4.88 Å². The minimum absolute atomic E-state index is 0. The molecule has 132 valence electrons. The van der Waals surface area contributed by atoms with Crippen LogP contribution in [0, 0.1) is 0 Å². The van der Waals surface area contributed by atoms with Gasteiger partial charge in [0.05, 0.1) is 18.8 Å². The second kappa shape index (κ2) is 10.4. The number of aryl methyl sites for hydroxylation is 1. The van der Waals surface area contributed by atoms with Crippen LogP contribution in [0.4, 0.5) is 5.82 Å². The number of thiazole rings is 1. The number of halogens is 1. The van der Waals surface area contributed by atoms with Crippen LogP contribution >= 0.6 is 35.3 Å². The van der Waals surface area contributed by atoms with Gasteiger partial charge in [0.25, 0.3) is 0 Å². The summed E-state index contributed by atoms with van der Waals surface area (Å²) in [5.74, 6) is 1.69. The lowest BCUT2D eigenvalue weighted by molar-refractivity contribution is 0.790. The first-order valence-electron chi connectivity index (χ1n) is 7.63. The summed E-state index contributed by atoms with van der Waals surface area (Å²) in [5, 5.41) is 7.62. The van der Waals surface area contributed by atoms with Crippen LogP contribution in [0.15, 0.2) is 29.4 Å². The molecule has 2 heterocycles. The van der Waals surface area contributed by atoms with Gasteiger partial charge in [-0.05, 0) is 18.6 Å². The van der Waals surface area contributed by atoms with Crippen LogP contribution < -0.4 is 15.5 Å². The number of nitrogens with one attached hydrogen (secondary N) is 2. The number of anilines is 1. The molecule has 2 rings (SSSR count). The van der Waals surface area contributed by atoms with Gasteiger partial charge in [-0.1, -0.05) is 13.0 Å². The predicted octanol–water partition coefficient (Wildman–Crippen LogP) is 2.65. The number of aromatic nitrogens is 2. The number of hydrogen-bond acceptors (Lipinski definition) is 5. The monoisotopic (exact) mass is 460 g/mol. The average molecular weight is 460 g/mol. The Labute approximate surface area is 164 Å². The number of nitrogens with zero attached hydrogens (tertiary/aromatic N) is 4. The zero-order chi connectivity index (χ0) is 16.7. The van der Waals surface area contributed by atoms with Crippen LogP contribution in [-0.4, -0.2) is 37.1 Å². The summed E-state index contributed by atoms with van der Waals surface area (Å²) in [6.07, 6.45) is 2.97. The molecule has 0 aliphatic heterocycles. The van der Waals surface area contributed by atoms with E-state index < -0.39 is 0 Å². The first-order valence-corrected chi connectivity index (χ1v) is 8.45. The third-order valence-corrected chi connectivity index (χ3v) is 4.41. The van der Waals surface area contributed by atoms with Crippen LogP contribution in [0.25, 0.3) is 0 Å². The lowest BCUT2D eigenvalue weighted by atomic mass is 10.3. The maximum atomic E-state index is 4.58. The van der Waals surface area contributed by atoms with Gasteiger partial charge in [-0.3, -0.25) is 4.99 Å². The number of pyridine rings is 1. The molecule has 0 saturated carbocycles. The third-order valence-electron chi connectivity index (χ3n) is 3.27. The normalized spacial score (nSPS) is 10.9. The highest BCUT2D eigenvalue weighted by Gasteiger charge is 2.04. The minimum atomic E-state index is 0. The Hall–Kier alpha value is -1.42. The van der Waals surface area contributed by atoms with Gasteiger partial charge in [0, 0.05) is 32.2 Å². The Bertz CT molecular complexity index is 656. The summed E-state index contributed by atoms with van der Waals surface area (Å²) >= 11 is 1.73. The molecular formula is C16H25IN6S. The molecule has 0 saturated heterocycles. The van der Waals surface area contributed by atoms with Crippen LogP contribution in [0.2, 0.25) is 0 Å². The summed E-state index contributed by atoms with van der Waals surface area (Å²) in [5.41, 5.74) is 0.974. The fourth-order valence-corrected chi connectivity index (χ4v) is 2.76. The third kappa shape index (κ3) is 6.23. The van der Waals surface area contributed by atoms with Crippen LogP contribution in [0.3, 0.4) is 0 Å². The molecule has 0 aliphatic rings. The molecule has 2 N–H and O–H groups in total. The van der Waals surface area contributed by atoms with Crippen molar-refractivity contribution in [2.24, 2.45) is 4.99 Å². The molecule has 2 aromatic rings. The molecule has 0 unspecified atom stereocenters. The first kappa shape index (κ1) is 20.6. The van der Waals surface area contributed by atoms with Gasteiger partial charge >= 0.3 is 0 Å². The largest absolute Gasteiger partial charge is 0.363 e. The highest BCUT2D eigenvalue weighted by molar-refractivity contribution is 14.0. The second-order valence-electron chi connectivity index (χ2n) is 5.23. The van der Waals surface area contributed by atoms with E-state index in [0.29, 0.717) is 13.1 Å². The highest BCUT2D eigenvalue weighted by atomic mass is 127. The molecular weight excluding hydrogens is 435 g/mol. The van der Waals surface area contributed by atoms with Crippen LogP contribution in [0.5, 0.6) is 0 Å². The molecule has 0 spiro atoms. The van der Waals surface area contributed by atoms with Gasteiger partial charge < -0.3 is 15.5 Å². The minimum Gasteiger partial charge on any atom is -0.363 e. The Balaban J connectivity index is 0.00000288. The predicted molar refractivity (Wildman–Crippen MR) is 113 cm³/mol. The average Bonchev–Trinajstić information content (AvgIpc) is 3.03. The van der Waals surface area contributed by atoms with E-state index in [1.807, 2.05) is 43.4 Å². The molecule has 0 radical (unpaired) electrons. The van der Waals surface area contributed by atoms with E-state index in [9.17, 15) is 0 Å². The van der Waals surface area contributed by atoms with Gasteiger partial charge in [0.1, 0.15) is 10.8 Å². The molecule has 0 bridgehead atoms. The molecule has 0 fully saturated rings. The number of hydrogen-bond donors (Lipinski definition) is 2. The van der Waals surface area contributed by atoms with Gasteiger partial charge in [-0.25, -0.2) is 9.97 Å². The van der Waals surface area contributed by atoms with Crippen molar-refractivity contribution in [2.75, 3.05) is 26.0 Å². The zero-order valence-electron chi connectivity index (χ0n) is 14.5. The molecule has 2 aromatic heterocycles. The Morgan fingerprint density at radius 1 is 1.25 bits per heavy atom. The number of aliphatic imine (C=N–C) groups is 1. The van der Waals surface area contributed by atoms with Crippen molar-refractivity contribution >= 4 is 47.1 Å². The highest BCUT2D eigenvalue weighted by Crippen LogP contribution is 2.12. The van der Waals surface area contributed by atoms with E-state index >= 15 is 0 Å². The van der Waals surface area contributed by atoms with Crippen LogP contribution in [-0.2, 0) is 19.5 Å². The number of rotatable bonds is 6. The molecule has 0 atom stereocenters. The lowest BCUT2D eigenvalue weighted by Gasteiger charge is -2.14. The Morgan fingerprint density at radius 2 is 2.00 bits per heavy atom. The lowest BCUT2D eigenvalue weighted by Crippen LogP contribution is -2.36. The van der Waals surface area contributed by atoms with Gasteiger partial charge in [-0.15, -0.1) is 35.3 Å². The molecule has 0 aliphatic carbocycles. The summed E-state index contributed by atoms with van der Waals surface area (Å²) in [6.45, 7) is 3.44. The smallest absolute Gasteiger partial charge is 0.191 e. The molecule has 8 heteroatoms. The summed E-state index contributed by atoms with van der Waals surface area (Å²) < 4.78 is 0. The second-order valence-corrected chi connectivity index (χ2v) is 6.43. The summed E-state index contributed by atoms with van der Waals surface area (Å²) in [4.78, 5) is 16.5. The van der Waals surface area contributed by atoms with Crippen molar-refractivity contribution in [3.05, 3.63) is 40.0 Å². The van der Waals surface area contributed by atoms with Crippen molar-refractivity contribution in [3.8, 4) is 0 Å². The van der Waals surface area contributed by atoms with Crippen molar-refractivity contribution in [1.82, 2.24) is 20.6 Å². The van der Waals surface area contributed by atoms with E-state index in [-0.39, 0.29) is 24.0 Å². The summed E-state index contributed by atoms with van der Waals surface area (Å²) in [6, 6.07) is 6.00. The number of guanidine groups is 1. The van der Waals surface area contributed by atoms with Gasteiger partial charge in [-0.2, -0.15) is 0 Å². The zero-order valence-corrected chi connectivity index (χ0v) is 17.7. The fourth-order valence-electron chi connectivity index (χ4n) is 1.96. The Kier molecular flexibility index (Phi) is 8.98. The van der Waals surface area contributed by atoms with Crippen molar-refractivity contribution in [3.63, 3.8) is 0 Å². The maximum Gasteiger partial charge on any atom is 0.191 e. The van der Waals surface area contributed by atoms with Crippen molar-refractivity contribution in [1.29, 1.82) is 0 Å². The first-order chi connectivity index (χ1) is 11.1. The van der Waals surface area contributed by atoms with Crippen molar-refractivity contribution < 1.29 is 0 Å². The quantitative estimate of drug-likeness (QED) is 0.394. The summed E-state index contributed by atoms with van der Waals surface area (Å²) in [7, 11) is 5.73. The van der Waals surface area contributed by atoms with E-state index in [0.717, 1.165) is 28.9 Å². The van der Waals surface area contributed by atoms with Gasteiger partial charge in [0.15, 0.2) is 5.96 Å². The molecule has 6 nitrogen and oxygen atoms in total. The fraction of sp³-hybridized carbons (Fsp3) is 0.438. The standard InChI is InChI=1S/C16H24N6S.HI/c1-5-13-10-18-15(23-13)11-20-16(17-2)19-9-12-7-6-8-14(21-12)22(3)4;/h6-8,10H,5,9,11H2,1-4H3,(H2,17,19,20);1H. The van der Waals surface area contributed by atoms with E-state index in [4.69, 9.17) is 0 Å². The van der Waals surface area contributed by atoms with Gasteiger partial charge in [0.2, 0.25) is 0 Å². The van der Waals surface area contributed by atoms with E-state index in [1.54, 1.807) is 18.4 Å². The van der Waals surface area contributed by atoms with Crippen molar-refractivity contribution in [2.45, 2.75) is 26.4 Å². The topological polar surface area (TPSA) is 65.4 Å². The molecule has 0 aromatic carbocycles.